The highest BCUT2D eigenvalue weighted by atomic mass is 15.2. The van der Waals surface area contributed by atoms with Gasteiger partial charge in [0.2, 0.25) is 5.95 Å². The molecule has 0 saturated carbocycles. The molecule has 1 aromatic carbocycles. The number of hydrogen-bond acceptors (Lipinski definition) is 4. The Bertz CT molecular complexity index is 565. The fraction of sp³-hybridized carbons (Fsp3) is 0.444. The third kappa shape index (κ3) is 4.20. The van der Waals surface area contributed by atoms with Gasteiger partial charge in [-0.3, -0.25) is 0 Å². The fourth-order valence-electron chi connectivity index (χ4n) is 2.36. The number of nitrogens with zero attached hydrogens (tertiary/aromatic N) is 3. The first kappa shape index (κ1) is 16.3. The SMILES string of the molecule is CCCCNc1nc(-c2ccccc2)cc(N(CC)CC)n1. The molecule has 2 rings (SSSR count). The summed E-state index contributed by atoms with van der Waals surface area (Å²) in [5, 5.41) is 3.35. The number of unbranched alkanes of at least 4 members (excludes halogenated alkanes) is 1. The van der Waals surface area contributed by atoms with Crippen molar-refractivity contribution in [2.45, 2.75) is 33.6 Å². The summed E-state index contributed by atoms with van der Waals surface area (Å²) >= 11 is 0. The molecule has 1 aromatic heterocycles. The number of anilines is 2. The lowest BCUT2D eigenvalue weighted by molar-refractivity contribution is 0.817. The molecule has 0 bridgehead atoms. The molecule has 2 aromatic rings. The van der Waals surface area contributed by atoms with Crippen LogP contribution >= 0.6 is 0 Å². The Morgan fingerprint density at radius 2 is 1.73 bits per heavy atom. The van der Waals surface area contributed by atoms with Crippen LogP contribution in [0.25, 0.3) is 11.3 Å². The van der Waals surface area contributed by atoms with Gasteiger partial charge in [0, 0.05) is 31.3 Å². The second-order valence-electron chi connectivity index (χ2n) is 5.25. The molecular formula is C18H26N4. The Hall–Kier alpha value is -2.10. The summed E-state index contributed by atoms with van der Waals surface area (Å²) < 4.78 is 0. The average Bonchev–Trinajstić information content (AvgIpc) is 2.57. The van der Waals surface area contributed by atoms with Crippen LogP contribution in [0.1, 0.15) is 33.6 Å². The molecule has 1 N–H and O–H groups in total. The maximum absolute atomic E-state index is 4.68. The van der Waals surface area contributed by atoms with E-state index < -0.39 is 0 Å². The third-order valence-corrected chi connectivity index (χ3v) is 3.68. The summed E-state index contributed by atoms with van der Waals surface area (Å²) in [7, 11) is 0. The van der Waals surface area contributed by atoms with Gasteiger partial charge in [0.1, 0.15) is 5.82 Å². The highest BCUT2D eigenvalue weighted by molar-refractivity contribution is 5.64. The normalized spacial score (nSPS) is 10.5. The molecule has 4 nitrogen and oxygen atoms in total. The van der Waals surface area contributed by atoms with Gasteiger partial charge in [-0.2, -0.15) is 4.98 Å². The van der Waals surface area contributed by atoms with Crippen LogP contribution in [0.2, 0.25) is 0 Å². The Kier molecular flexibility index (Phi) is 6.19. The minimum atomic E-state index is 0.719. The zero-order valence-corrected chi connectivity index (χ0v) is 13.8. The molecule has 0 amide bonds. The molecule has 0 fully saturated rings. The number of nitrogens with one attached hydrogen (secondary N) is 1. The quantitative estimate of drug-likeness (QED) is 0.741. The van der Waals surface area contributed by atoms with E-state index >= 15 is 0 Å². The van der Waals surface area contributed by atoms with Gasteiger partial charge in [0.25, 0.3) is 0 Å². The van der Waals surface area contributed by atoms with Gasteiger partial charge in [-0.15, -0.1) is 0 Å². The molecule has 22 heavy (non-hydrogen) atoms. The largest absolute Gasteiger partial charge is 0.357 e. The summed E-state index contributed by atoms with van der Waals surface area (Å²) in [5.41, 5.74) is 2.09. The number of aromatic nitrogens is 2. The van der Waals surface area contributed by atoms with Gasteiger partial charge in [0.15, 0.2) is 0 Å². The fourth-order valence-corrected chi connectivity index (χ4v) is 2.36. The van der Waals surface area contributed by atoms with E-state index in [1.165, 1.54) is 0 Å². The van der Waals surface area contributed by atoms with Gasteiger partial charge in [-0.1, -0.05) is 43.7 Å². The maximum atomic E-state index is 4.68. The van der Waals surface area contributed by atoms with Crippen molar-refractivity contribution < 1.29 is 0 Å². The minimum Gasteiger partial charge on any atom is -0.357 e. The van der Waals surface area contributed by atoms with Crippen LogP contribution in [0.5, 0.6) is 0 Å². The third-order valence-electron chi connectivity index (χ3n) is 3.68. The van der Waals surface area contributed by atoms with Crippen LogP contribution in [0.15, 0.2) is 36.4 Å². The maximum Gasteiger partial charge on any atom is 0.225 e. The highest BCUT2D eigenvalue weighted by Gasteiger charge is 2.10. The van der Waals surface area contributed by atoms with E-state index in [0.717, 1.165) is 55.5 Å². The highest BCUT2D eigenvalue weighted by Crippen LogP contribution is 2.23. The van der Waals surface area contributed by atoms with Crippen molar-refractivity contribution in [3.05, 3.63) is 36.4 Å². The first-order chi connectivity index (χ1) is 10.8. The van der Waals surface area contributed by atoms with Crippen molar-refractivity contribution in [1.29, 1.82) is 0 Å². The van der Waals surface area contributed by atoms with Gasteiger partial charge in [0.05, 0.1) is 5.69 Å². The first-order valence-electron chi connectivity index (χ1n) is 8.21. The number of hydrogen-bond donors (Lipinski definition) is 1. The molecule has 0 saturated heterocycles. The zero-order chi connectivity index (χ0) is 15.8. The number of benzene rings is 1. The van der Waals surface area contributed by atoms with Crippen molar-refractivity contribution in [1.82, 2.24) is 9.97 Å². The lowest BCUT2D eigenvalue weighted by Gasteiger charge is -2.21. The molecule has 0 aliphatic carbocycles. The summed E-state index contributed by atoms with van der Waals surface area (Å²) in [5.74, 6) is 1.70. The zero-order valence-electron chi connectivity index (χ0n) is 13.8. The second-order valence-corrected chi connectivity index (χ2v) is 5.25. The van der Waals surface area contributed by atoms with E-state index in [4.69, 9.17) is 0 Å². The Morgan fingerprint density at radius 3 is 2.36 bits per heavy atom. The van der Waals surface area contributed by atoms with E-state index in [0.29, 0.717) is 0 Å². The van der Waals surface area contributed by atoms with Crippen LogP contribution in [0.4, 0.5) is 11.8 Å². The van der Waals surface area contributed by atoms with Crippen LogP contribution in [0, 0.1) is 0 Å². The van der Waals surface area contributed by atoms with E-state index in [1.807, 2.05) is 18.2 Å². The molecule has 0 spiro atoms. The van der Waals surface area contributed by atoms with Gasteiger partial charge in [-0.25, -0.2) is 4.98 Å². The molecule has 0 radical (unpaired) electrons. The summed E-state index contributed by atoms with van der Waals surface area (Å²) in [6.45, 7) is 9.28. The molecule has 0 aliphatic heterocycles. The summed E-state index contributed by atoms with van der Waals surface area (Å²) in [4.78, 5) is 11.6. The molecule has 0 atom stereocenters. The molecule has 4 heteroatoms. The Balaban J connectivity index is 2.35. The van der Waals surface area contributed by atoms with E-state index in [2.05, 4.69) is 59.2 Å². The van der Waals surface area contributed by atoms with Crippen molar-refractivity contribution in [2.24, 2.45) is 0 Å². The average molecular weight is 298 g/mol. The van der Waals surface area contributed by atoms with Crippen LogP contribution in [-0.4, -0.2) is 29.6 Å². The van der Waals surface area contributed by atoms with Crippen molar-refractivity contribution in [3.63, 3.8) is 0 Å². The van der Waals surface area contributed by atoms with Crippen molar-refractivity contribution in [2.75, 3.05) is 29.9 Å². The van der Waals surface area contributed by atoms with Crippen LogP contribution < -0.4 is 10.2 Å². The van der Waals surface area contributed by atoms with E-state index in [1.54, 1.807) is 0 Å². The van der Waals surface area contributed by atoms with Gasteiger partial charge < -0.3 is 10.2 Å². The predicted molar refractivity (Wildman–Crippen MR) is 94.4 cm³/mol. The van der Waals surface area contributed by atoms with Gasteiger partial charge in [-0.05, 0) is 20.3 Å². The molecule has 118 valence electrons. The van der Waals surface area contributed by atoms with Crippen molar-refractivity contribution in [3.8, 4) is 11.3 Å². The molecule has 1 heterocycles. The summed E-state index contributed by atoms with van der Waals surface area (Å²) in [6, 6.07) is 12.4. The monoisotopic (exact) mass is 298 g/mol. The Labute approximate surface area is 133 Å². The summed E-state index contributed by atoms with van der Waals surface area (Å²) in [6.07, 6.45) is 2.29. The smallest absolute Gasteiger partial charge is 0.225 e. The second kappa shape index (κ2) is 8.37. The first-order valence-corrected chi connectivity index (χ1v) is 8.21. The molecule has 0 aliphatic rings. The minimum absolute atomic E-state index is 0.719. The molecule has 0 unspecified atom stereocenters. The lowest BCUT2D eigenvalue weighted by Crippen LogP contribution is -2.23. The van der Waals surface area contributed by atoms with Crippen LogP contribution in [0.3, 0.4) is 0 Å². The standard InChI is InChI=1S/C18H26N4/c1-4-7-13-19-18-20-16(15-11-9-8-10-12-15)14-17(21-18)22(5-2)6-3/h8-12,14H,4-7,13H2,1-3H3,(H,19,20,21). The van der Waals surface area contributed by atoms with E-state index in [-0.39, 0.29) is 0 Å². The molecular weight excluding hydrogens is 272 g/mol. The Morgan fingerprint density at radius 1 is 1.00 bits per heavy atom. The van der Waals surface area contributed by atoms with Crippen LogP contribution in [-0.2, 0) is 0 Å². The predicted octanol–water partition coefficient (Wildman–Crippen LogP) is 4.20. The topological polar surface area (TPSA) is 41.1 Å². The van der Waals surface area contributed by atoms with Crippen molar-refractivity contribution >= 4 is 11.8 Å². The number of rotatable bonds is 8. The van der Waals surface area contributed by atoms with Gasteiger partial charge >= 0.3 is 0 Å². The van der Waals surface area contributed by atoms with E-state index in [9.17, 15) is 0 Å². The lowest BCUT2D eigenvalue weighted by atomic mass is 10.1.